The van der Waals surface area contributed by atoms with Crippen molar-refractivity contribution in [1.82, 2.24) is 0 Å². The van der Waals surface area contributed by atoms with Crippen LogP contribution in [-0.2, 0) is 9.53 Å². The minimum Gasteiger partial charge on any atom is -0.457 e. The number of hydrogen-bond acceptors (Lipinski definition) is 3. The molecule has 22 heavy (non-hydrogen) atoms. The Hall–Kier alpha value is -1.90. The predicted octanol–water partition coefficient (Wildman–Crippen LogP) is 3.55. The quantitative estimate of drug-likeness (QED) is 0.619. The topological polar surface area (TPSA) is 43.4 Å². The number of benzene rings is 1. The second kappa shape index (κ2) is 5.08. The van der Waals surface area contributed by atoms with E-state index in [0.717, 1.165) is 19.3 Å². The van der Waals surface area contributed by atoms with E-state index in [0.29, 0.717) is 30.1 Å². The largest absolute Gasteiger partial charge is 0.457 e. The van der Waals surface area contributed by atoms with E-state index in [1.807, 2.05) is 18.2 Å². The minimum absolute atomic E-state index is 0.259. The van der Waals surface area contributed by atoms with Crippen LogP contribution in [0.2, 0.25) is 0 Å². The first-order valence-electron chi connectivity index (χ1n) is 8.16. The Balaban J connectivity index is 1.63. The lowest BCUT2D eigenvalue weighted by atomic mass is 9.64. The van der Waals surface area contributed by atoms with Crippen LogP contribution < -0.4 is 0 Å². The third-order valence-electron chi connectivity index (χ3n) is 5.73. The van der Waals surface area contributed by atoms with E-state index in [4.69, 9.17) is 4.74 Å². The molecule has 0 unspecified atom stereocenters. The molecule has 3 nitrogen and oxygen atoms in total. The molecule has 1 aromatic carbocycles. The van der Waals surface area contributed by atoms with E-state index in [2.05, 4.69) is 12.2 Å². The summed E-state index contributed by atoms with van der Waals surface area (Å²) in [5, 5.41) is 0. The van der Waals surface area contributed by atoms with Crippen molar-refractivity contribution in [2.45, 2.75) is 38.2 Å². The molecule has 4 rings (SSSR count). The lowest BCUT2D eigenvalue weighted by Crippen LogP contribution is -2.49. The molecular weight excluding hydrogens is 276 g/mol. The van der Waals surface area contributed by atoms with Crippen LogP contribution >= 0.6 is 0 Å². The number of rotatable bonds is 2. The number of carbonyl (C=O) groups is 2. The van der Waals surface area contributed by atoms with Crippen LogP contribution in [0.1, 0.15) is 42.5 Å². The zero-order valence-corrected chi connectivity index (χ0v) is 12.5. The van der Waals surface area contributed by atoms with E-state index in [-0.39, 0.29) is 18.0 Å². The number of carbonyl (C=O) groups excluding carboxylic acids is 2. The molecule has 0 heterocycles. The van der Waals surface area contributed by atoms with Gasteiger partial charge in [-0.1, -0.05) is 30.4 Å². The normalized spacial score (nSPS) is 36.0. The monoisotopic (exact) mass is 296 g/mol. The Bertz CT molecular complexity index is 633. The molecule has 0 aromatic heterocycles. The van der Waals surface area contributed by atoms with Gasteiger partial charge in [0.1, 0.15) is 11.9 Å². The van der Waals surface area contributed by atoms with Crippen LogP contribution in [0.15, 0.2) is 42.5 Å². The first-order valence-corrected chi connectivity index (χ1v) is 8.16. The van der Waals surface area contributed by atoms with Crippen LogP contribution in [0.25, 0.3) is 0 Å². The third kappa shape index (κ3) is 1.95. The van der Waals surface area contributed by atoms with Gasteiger partial charge in [0.2, 0.25) is 0 Å². The maximum Gasteiger partial charge on any atom is 0.338 e. The third-order valence-corrected chi connectivity index (χ3v) is 5.73. The van der Waals surface area contributed by atoms with Crippen LogP contribution in [0.5, 0.6) is 0 Å². The SMILES string of the molecule is O=C(O[C@H]1CC=C[C@@H]2C[C@@H]3CCC(=O)[C@@]21C3)c1ccccc1. The van der Waals surface area contributed by atoms with Gasteiger partial charge in [0.05, 0.1) is 11.0 Å². The Kier molecular flexibility index (Phi) is 3.17. The highest BCUT2D eigenvalue weighted by molar-refractivity contribution is 5.91. The number of allylic oxidation sites excluding steroid dienone is 1. The van der Waals surface area contributed by atoms with Crippen molar-refractivity contribution < 1.29 is 14.3 Å². The first-order chi connectivity index (χ1) is 10.7. The van der Waals surface area contributed by atoms with Crippen molar-refractivity contribution >= 4 is 11.8 Å². The van der Waals surface area contributed by atoms with E-state index in [9.17, 15) is 9.59 Å². The first kappa shape index (κ1) is 13.7. The minimum atomic E-state index is -0.442. The van der Waals surface area contributed by atoms with Gasteiger partial charge in [-0.15, -0.1) is 0 Å². The number of Topliss-reactive ketones (excluding diaryl/α,β-unsaturated/α-hetero) is 1. The van der Waals surface area contributed by atoms with Gasteiger partial charge >= 0.3 is 5.97 Å². The molecule has 2 fully saturated rings. The summed E-state index contributed by atoms with van der Waals surface area (Å²) in [7, 11) is 0. The van der Waals surface area contributed by atoms with Gasteiger partial charge in [0, 0.05) is 12.8 Å². The van der Waals surface area contributed by atoms with E-state index in [1.54, 1.807) is 12.1 Å². The molecule has 4 atom stereocenters. The summed E-state index contributed by atoms with van der Waals surface area (Å²) in [6, 6.07) is 9.05. The molecule has 3 aliphatic rings. The number of esters is 1. The fourth-order valence-corrected chi connectivity index (χ4v) is 4.69. The maximum absolute atomic E-state index is 12.7. The van der Waals surface area contributed by atoms with Crippen molar-refractivity contribution in [2.75, 3.05) is 0 Å². The Morgan fingerprint density at radius 1 is 1.23 bits per heavy atom. The molecule has 2 saturated carbocycles. The van der Waals surface area contributed by atoms with Gasteiger partial charge in [0.15, 0.2) is 0 Å². The number of ether oxygens (including phenoxy) is 1. The summed E-state index contributed by atoms with van der Waals surface area (Å²) in [5.41, 5.74) is 0.116. The Labute approximate surface area is 130 Å². The zero-order valence-electron chi connectivity index (χ0n) is 12.5. The predicted molar refractivity (Wildman–Crippen MR) is 82.3 cm³/mol. The van der Waals surface area contributed by atoms with Gasteiger partial charge in [0.25, 0.3) is 0 Å². The van der Waals surface area contributed by atoms with Crippen molar-refractivity contribution in [1.29, 1.82) is 0 Å². The van der Waals surface area contributed by atoms with Crippen molar-refractivity contribution in [3.63, 3.8) is 0 Å². The molecule has 0 aliphatic heterocycles. The highest BCUT2D eigenvalue weighted by Crippen LogP contribution is 2.58. The average molecular weight is 296 g/mol. The van der Waals surface area contributed by atoms with Crippen molar-refractivity contribution in [3.05, 3.63) is 48.0 Å². The average Bonchev–Trinajstić information content (AvgIpc) is 2.88. The molecule has 0 amide bonds. The second-order valence-corrected chi connectivity index (χ2v) is 6.84. The van der Waals surface area contributed by atoms with Crippen LogP contribution in [0.4, 0.5) is 0 Å². The smallest absolute Gasteiger partial charge is 0.338 e. The maximum atomic E-state index is 12.7. The highest BCUT2D eigenvalue weighted by atomic mass is 16.5. The number of hydrogen-bond donors (Lipinski definition) is 0. The number of fused-ring (bicyclic) bond motifs is 1. The summed E-state index contributed by atoms with van der Waals surface area (Å²) in [5.74, 6) is 0.871. The summed E-state index contributed by atoms with van der Waals surface area (Å²) >= 11 is 0. The van der Waals surface area contributed by atoms with E-state index < -0.39 is 5.41 Å². The molecule has 3 aliphatic carbocycles. The van der Waals surface area contributed by atoms with Crippen molar-refractivity contribution in [3.8, 4) is 0 Å². The second-order valence-electron chi connectivity index (χ2n) is 6.84. The molecule has 1 spiro atoms. The van der Waals surface area contributed by atoms with E-state index >= 15 is 0 Å². The standard InChI is InChI=1S/C19H20O3/c20-16-10-9-13-11-15-7-4-8-17(19(15,16)12-13)22-18(21)14-5-2-1-3-6-14/h1-7,13,15,17H,8-12H2/t13-,15+,17-,19+/m0/s1. The molecular formula is C19H20O3. The highest BCUT2D eigenvalue weighted by Gasteiger charge is 2.60. The van der Waals surface area contributed by atoms with Crippen LogP contribution in [-0.4, -0.2) is 17.9 Å². The Morgan fingerprint density at radius 2 is 2.05 bits per heavy atom. The van der Waals surface area contributed by atoms with Gasteiger partial charge in [-0.25, -0.2) is 4.79 Å². The van der Waals surface area contributed by atoms with Gasteiger partial charge in [-0.2, -0.15) is 0 Å². The molecule has 1 aromatic rings. The van der Waals surface area contributed by atoms with Crippen molar-refractivity contribution in [2.24, 2.45) is 17.3 Å². The fraction of sp³-hybridized carbons (Fsp3) is 0.474. The molecule has 0 radical (unpaired) electrons. The zero-order chi connectivity index (χ0) is 15.2. The summed E-state index contributed by atoms with van der Waals surface area (Å²) < 4.78 is 5.83. The van der Waals surface area contributed by atoms with Gasteiger partial charge in [-0.05, 0) is 43.2 Å². The summed E-state index contributed by atoms with van der Waals surface area (Å²) in [4.78, 5) is 25.1. The molecule has 0 saturated heterocycles. The van der Waals surface area contributed by atoms with Gasteiger partial charge < -0.3 is 4.74 Å². The molecule has 0 N–H and O–H groups in total. The Morgan fingerprint density at radius 3 is 2.86 bits per heavy atom. The van der Waals surface area contributed by atoms with Crippen LogP contribution in [0, 0.1) is 17.3 Å². The van der Waals surface area contributed by atoms with Gasteiger partial charge in [-0.3, -0.25) is 4.79 Å². The fourth-order valence-electron chi connectivity index (χ4n) is 4.69. The summed E-state index contributed by atoms with van der Waals surface area (Å²) in [6.07, 6.45) is 8.26. The van der Waals surface area contributed by atoms with Crippen LogP contribution in [0.3, 0.4) is 0 Å². The lowest BCUT2D eigenvalue weighted by Gasteiger charge is -2.42. The molecule has 2 bridgehead atoms. The number of ketones is 1. The van der Waals surface area contributed by atoms with E-state index in [1.165, 1.54) is 0 Å². The molecule has 3 heteroatoms. The lowest BCUT2D eigenvalue weighted by molar-refractivity contribution is -0.141. The molecule has 114 valence electrons. The summed E-state index contributed by atoms with van der Waals surface area (Å²) in [6.45, 7) is 0.